The molecule has 30 heavy (non-hydrogen) atoms. The Kier molecular flexibility index (Phi) is 4.15. The number of aryl methyl sites for hydroxylation is 2. The molecule has 0 fully saturated rings. The fourth-order valence-electron chi connectivity index (χ4n) is 4.18. The van der Waals surface area contributed by atoms with Gasteiger partial charge in [0.1, 0.15) is 18.2 Å². The van der Waals surface area contributed by atoms with E-state index in [9.17, 15) is 0 Å². The molecule has 0 saturated carbocycles. The van der Waals surface area contributed by atoms with Crippen molar-refractivity contribution >= 4 is 27.6 Å². The zero-order valence-corrected chi connectivity index (χ0v) is 17.2. The highest BCUT2D eigenvalue weighted by Crippen LogP contribution is 2.42. The molecule has 0 amide bonds. The maximum Gasteiger partial charge on any atom is 0.216 e. The van der Waals surface area contributed by atoms with E-state index in [1.54, 1.807) is 0 Å². The van der Waals surface area contributed by atoms with E-state index in [1.807, 2.05) is 30.3 Å². The van der Waals surface area contributed by atoms with E-state index in [2.05, 4.69) is 72.8 Å². The molecule has 2 heterocycles. The van der Waals surface area contributed by atoms with E-state index in [-0.39, 0.29) is 0 Å². The van der Waals surface area contributed by atoms with Gasteiger partial charge in [0.25, 0.3) is 0 Å². The predicted octanol–water partition coefficient (Wildman–Crippen LogP) is 6.91. The molecule has 2 aromatic heterocycles. The van der Waals surface area contributed by atoms with Crippen LogP contribution in [0.5, 0.6) is 0 Å². The quantitative estimate of drug-likeness (QED) is 0.237. The van der Waals surface area contributed by atoms with Gasteiger partial charge in [-0.25, -0.2) is 4.85 Å². The van der Waals surface area contributed by atoms with Gasteiger partial charge in [-0.05, 0) is 36.2 Å². The van der Waals surface area contributed by atoms with Crippen LogP contribution in [0.15, 0.2) is 77.2 Å². The van der Waals surface area contributed by atoms with Gasteiger partial charge in [-0.15, -0.1) is 0 Å². The van der Waals surface area contributed by atoms with Gasteiger partial charge in [0.05, 0.1) is 12.1 Å². The number of aromatic nitrogens is 1. The first-order valence-corrected chi connectivity index (χ1v) is 9.97. The number of hydrogen-bond acceptors (Lipinski definition) is 1. The van der Waals surface area contributed by atoms with Crippen LogP contribution in [-0.2, 0) is 7.05 Å². The molecular formula is C27H21N2O+. The van der Waals surface area contributed by atoms with E-state index >= 15 is 0 Å². The Morgan fingerprint density at radius 2 is 1.63 bits per heavy atom. The largest absolute Gasteiger partial charge is 0.455 e. The lowest BCUT2D eigenvalue weighted by Gasteiger charge is -2.06. The third-order valence-corrected chi connectivity index (χ3v) is 5.89. The summed E-state index contributed by atoms with van der Waals surface area (Å²) in [5.41, 5.74) is 8.86. The lowest BCUT2D eigenvalue weighted by atomic mass is 9.98. The molecule has 3 nitrogen and oxygen atoms in total. The van der Waals surface area contributed by atoms with Crippen LogP contribution in [0.3, 0.4) is 0 Å². The number of benzene rings is 3. The molecule has 0 aliphatic carbocycles. The molecule has 5 aromatic rings. The molecule has 3 heteroatoms. The summed E-state index contributed by atoms with van der Waals surface area (Å²) in [5.74, 6) is 0. The van der Waals surface area contributed by atoms with Crippen molar-refractivity contribution in [1.82, 2.24) is 0 Å². The second-order valence-corrected chi connectivity index (χ2v) is 7.70. The SMILES string of the molecule is [C-]#[N+]c1cc(-c2ccccc2)c2oc3c(-c4cccc(C)[n+]4C)c(C)ccc3c2c1. The van der Waals surface area contributed by atoms with Gasteiger partial charge in [-0.2, -0.15) is 4.57 Å². The fourth-order valence-corrected chi connectivity index (χ4v) is 4.18. The first-order chi connectivity index (χ1) is 14.6. The minimum absolute atomic E-state index is 0.618. The van der Waals surface area contributed by atoms with Gasteiger partial charge in [0, 0.05) is 35.4 Å². The van der Waals surface area contributed by atoms with Crippen molar-refractivity contribution in [2.45, 2.75) is 13.8 Å². The van der Waals surface area contributed by atoms with E-state index in [0.717, 1.165) is 49.9 Å². The Morgan fingerprint density at radius 3 is 2.40 bits per heavy atom. The number of rotatable bonds is 2. The molecular weight excluding hydrogens is 368 g/mol. The summed E-state index contributed by atoms with van der Waals surface area (Å²) >= 11 is 0. The van der Waals surface area contributed by atoms with Crippen LogP contribution in [0.2, 0.25) is 0 Å². The zero-order chi connectivity index (χ0) is 20.8. The fraction of sp³-hybridized carbons (Fsp3) is 0.111. The van der Waals surface area contributed by atoms with Crippen molar-refractivity contribution in [2.75, 3.05) is 0 Å². The average Bonchev–Trinajstić information content (AvgIpc) is 3.14. The van der Waals surface area contributed by atoms with Crippen LogP contribution in [-0.4, -0.2) is 0 Å². The summed E-state index contributed by atoms with van der Waals surface area (Å²) in [7, 11) is 2.08. The summed E-state index contributed by atoms with van der Waals surface area (Å²) < 4.78 is 8.77. The molecule has 0 spiro atoms. The second kappa shape index (κ2) is 6.86. The molecule has 0 radical (unpaired) electrons. The smallest absolute Gasteiger partial charge is 0.216 e. The third kappa shape index (κ3) is 2.69. The lowest BCUT2D eigenvalue weighted by molar-refractivity contribution is -0.666. The van der Waals surface area contributed by atoms with E-state index in [4.69, 9.17) is 11.0 Å². The monoisotopic (exact) mass is 389 g/mol. The van der Waals surface area contributed by atoms with Crippen LogP contribution < -0.4 is 4.57 Å². The molecule has 0 aliphatic rings. The zero-order valence-electron chi connectivity index (χ0n) is 17.2. The van der Waals surface area contributed by atoms with Crippen molar-refractivity contribution in [3.8, 4) is 22.4 Å². The van der Waals surface area contributed by atoms with Crippen molar-refractivity contribution in [2.24, 2.45) is 7.05 Å². The number of pyridine rings is 1. The van der Waals surface area contributed by atoms with Crippen molar-refractivity contribution < 1.29 is 8.98 Å². The molecule has 0 saturated heterocycles. The normalized spacial score (nSPS) is 11.1. The van der Waals surface area contributed by atoms with Gasteiger partial charge in [0.15, 0.2) is 11.4 Å². The third-order valence-electron chi connectivity index (χ3n) is 5.89. The van der Waals surface area contributed by atoms with Crippen LogP contribution in [0.25, 0.3) is 49.2 Å². The summed E-state index contributed by atoms with van der Waals surface area (Å²) in [6.45, 7) is 11.8. The van der Waals surface area contributed by atoms with Crippen LogP contribution in [0.4, 0.5) is 5.69 Å². The Hall–Kier alpha value is -3.90. The Balaban J connectivity index is 1.93. The molecule has 0 aliphatic heterocycles. The molecule has 0 bridgehead atoms. The Morgan fingerprint density at radius 1 is 0.833 bits per heavy atom. The van der Waals surface area contributed by atoms with Gasteiger partial charge in [0.2, 0.25) is 5.69 Å². The molecule has 144 valence electrons. The molecule has 0 unspecified atom stereocenters. The first kappa shape index (κ1) is 18.1. The highest BCUT2D eigenvalue weighted by atomic mass is 16.3. The first-order valence-electron chi connectivity index (χ1n) is 9.97. The van der Waals surface area contributed by atoms with Gasteiger partial charge < -0.3 is 4.42 Å². The Bertz CT molecular complexity index is 1470. The number of furan rings is 1. The number of fused-ring (bicyclic) bond motifs is 3. The highest BCUT2D eigenvalue weighted by Gasteiger charge is 2.22. The molecule has 3 aromatic carbocycles. The van der Waals surface area contributed by atoms with Crippen LogP contribution >= 0.6 is 0 Å². The molecule has 0 N–H and O–H groups in total. The highest BCUT2D eigenvalue weighted by molar-refractivity contribution is 6.14. The van der Waals surface area contributed by atoms with Gasteiger partial charge in [-0.3, -0.25) is 0 Å². The van der Waals surface area contributed by atoms with Crippen LogP contribution in [0.1, 0.15) is 11.3 Å². The summed E-state index contributed by atoms with van der Waals surface area (Å²) in [6, 6.07) is 24.6. The number of nitrogens with zero attached hydrogens (tertiary/aromatic N) is 2. The molecule has 0 atom stereocenters. The summed E-state index contributed by atoms with van der Waals surface area (Å²) in [6.07, 6.45) is 0. The maximum absolute atomic E-state index is 7.59. The minimum atomic E-state index is 0.618. The Labute approximate surface area is 175 Å². The maximum atomic E-state index is 7.59. The van der Waals surface area contributed by atoms with Crippen molar-refractivity contribution in [1.29, 1.82) is 0 Å². The standard InChI is InChI=1S/C27H21N2O/c1-17-13-14-21-23-16-20(28-3)15-22(19-10-6-5-7-11-19)26(23)30-27(21)25(17)24-12-8-9-18(2)29(24)4/h5-16H,1-2,4H3/q+1. The van der Waals surface area contributed by atoms with Crippen molar-refractivity contribution in [3.05, 3.63) is 95.5 Å². The average molecular weight is 389 g/mol. The second-order valence-electron chi connectivity index (χ2n) is 7.70. The van der Waals surface area contributed by atoms with Crippen LogP contribution in [0, 0.1) is 20.4 Å². The van der Waals surface area contributed by atoms with E-state index in [1.165, 1.54) is 5.69 Å². The summed E-state index contributed by atoms with van der Waals surface area (Å²) in [4.78, 5) is 3.72. The predicted molar refractivity (Wildman–Crippen MR) is 122 cm³/mol. The van der Waals surface area contributed by atoms with E-state index in [0.29, 0.717) is 5.69 Å². The summed E-state index contributed by atoms with van der Waals surface area (Å²) in [5, 5.41) is 2.02. The van der Waals surface area contributed by atoms with Gasteiger partial charge in [-0.1, -0.05) is 42.5 Å². The number of hydrogen-bond donors (Lipinski definition) is 0. The topological polar surface area (TPSA) is 21.4 Å². The molecule has 5 rings (SSSR count). The van der Waals surface area contributed by atoms with E-state index < -0.39 is 0 Å². The lowest BCUT2D eigenvalue weighted by Crippen LogP contribution is -2.34. The van der Waals surface area contributed by atoms with Crippen molar-refractivity contribution in [3.63, 3.8) is 0 Å². The minimum Gasteiger partial charge on any atom is -0.455 e. The van der Waals surface area contributed by atoms with Gasteiger partial charge >= 0.3 is 0 Å².